The molecule has 1 aliphatic rings. The quantitative estimate of drug-likeness (QED) is 0.722. The maximum Gasteiger partial charge on any atom is 0.258 e. The third-order valence-electron chi connectivity index (χ3n) is 4.68. The van der Waals surface area contributed by atoms with E-state index in [0.29, 0.717) is 17.2 Å². The Morgan fingerprint density at radius 2 is 2.12 bits per heavy atom. The van der Waals surface area contributed by atoms with E-state index < -0.39 is 0 Å². The highest BCUT2D eigenvalue weighted by Crippen LogP contribution is 2.30. The standard InChI is InChI=1S/C19H19ClN4O/c20-14-7-8-18-22-15(11-19(25)24(18)12-14)13-23-10-4-2-6-17(23)16-5-1-3-9-21-16/h1,3,5,7-9,11-12,17H,2,4,6,10,13H2/t17-/m1/s1. The van der Waals surface area contributed by atoms with Crippen molar-refractivity contribution in [2.75, 3.05) is 6.54 Å². The lowest BCUT2D eigenvalue weighted by molar-refractivity contribution is 0.135. The van der Waals surface area contributed by atoms with Crippen molar-refractivity contribution in [3.8, 4) is 0 Å². The molecule has 0 bridgehead atoms. The molecule has 3 aromatic rings. The van der Waals surface area contributed by atoms with E-state index in [2.05, 4.69) is 20.9 Å². The van der Waals surface area contributed by atoms with E-state index in [0.717, 1.165) is 30.8 Å². The number of hydrogen-bond acceptors (Lipinski definition) is 4. The molecule has 4 rings (SSSR count). The molecule has 0 radical (unpaired) electrons. The number of nitrogens with zero attached hydrogens (tertiary/aromatic N) is 4. The van der Waals surface area contributed by atoms with Crippen LogP contribution in [-0.2, 0) is 6.54 Å². The van der Waals surface area contributed by atoms with Crippen molar-refractivity contribution in [3.05, 3.63) is 75.6 Å². The summed E-state index contributed by atoms with van der Waals surface area (Å²) in [5.41, 5.74) is 2.40. The number of aromatic nitrogens is 3. The molecule has 0 N–H and O–H groups in total. The van der Waals surface area contributed by atoms with Crippen molar-refractivity contribution in [3.63, 3.8) is 0 Å². The van der Waals surface area contributed by atoms with E-state index in [-0.39, 0.29) is 11.6 Å². The van der Waals surface area contributed by atoms with Gasteiger partial charge in [-0.1, -0.05) is 24.1 Å². The smallest absolute Gasteiger partial charge is 0.258 e. The first-order valence-electron chi connectivity index (χ1n) is 8.53. The van der Waals surface area contributed by atoms with E-state index in [1.54, 1.807) is 24.4 Å². The van der Waals surface area contributed by atoms with E-state index in [4.69, 9.17) is 11.6 Å². The largest absolute Gasteiger partial charge is 0.289 e. The van der Waals surface area contributed by atoms with Crippen LogP contribution in [0.1, 0.15) is 36.7 Å². The Balaban J connectivity index is 1.65. The van der Waals surface area contributed by atoms with Gasteiger partial charge < -0.3 is 0 Å². The molecule has 0 aromatic carbocycles. The van der Waals surface area contributed by atoms with Gasteiger partial charge in [0, 0.05) is 25.0 Å². The van der Waals surface area contributed by atoms with Gasteiger partial charge in [-0.3, -0.25) is 19.1 Å². The minimum atomic E-state index is -0.103. The van der Waals surface area contributed by atoms with E-state index in [1.807, 2.05) is 18.3 Å². The number of halogens is 1. The molecule has 128 valence electrons. The van der Waals surface area contributed by atoms with E-state index >= 15 is 0 Å². The van der Waals surface area contributed by atoms with Crippen LogP contribution in [0, 0.1) is 0 Å². The third-order valence-corrected chi connectivity index (χ3v) is 4.91. The molecule has 1 fully saturated rings. The molecule has 0 saturated carbocycles. The van der Waals surface area contributed by atoms with Crippen LogP contribution in [0.25, 0.3) is 5.65 Å². The van der Waals surface area contributed by atoms with Gasteiger partial charge in [0.05, 0.1) is 22.5 Å². The Kier molecular flexibility index (Phi) is 4.51. The van der Waals surface area contributed by atoms with Crippen LogP contribution in [0.5, 0.6) is 0 Å². The zero-order valence-corrected chi connectivity index (χ0v) is 14.6. The Labute approximate surface area is 150 Å². The molecule has 1 atom stereocenters. The number of likely N-dealkylation sites (tertiary alicyclic amines) is 1. The van der Waals surface area contributed by atoms with E-state index in [9.17, 15) is 4.79 Å². The zero-order chi connectivity index (χ0) is 17.2. The molecule has 6 heteroatoms. The molecular formula is C19H19ClN4O. The molecule has 0 amide bonds. The van der Waals surface area contributed by atoms with Crippen LogP contribution in [0.4, 0.5) is 0 Å². The number of pyridine rings is 2. The lowest BCUT2D eigenvalue weighted by Gasteiger charge is -2.35. The minimum absolute atomic E-state index is 0.103. The first-order chi connectivity index (χ1) is 12.2. The van der Waals surface area contributed by atoms with Gasteiger partial charge in [-0.05, 0) is 43.7 Å². The summed E-state index contributed by atoms with van der Waals surface area (Å²) in [6.45, 7) is 1.64. The monoisotopic (exact) mass is 354 g/mol. The Bertz CT molecular complexity index is 941. The van der Waals surface area contributed by atoms with Crippen LogP contribution in [0.2, 0.25) is 5.02 Å². The summed E-state index contributed by atoms with van der Waals surface area (Å²) >= 11 is 5.97. The van der Waals surface area contributed by atoms with Gasteiger partial charge in [0.1, 0.15) is 5.65 Å². The van der Waals surface area contributed by atoms with Crippen molar-refractivity contribution < 1.29 is 0 Å². The first-order valence-corrected chi connectivity index (χ1v) is 8.91. The highest BCUT2D eigenvalue weighted by atomic mass is 35.5. The zero-order valence-electron chi connectivity index (χ0n) is 13.8. The molecular weight excluding hydrogens is 336 g/mol. The second-order valence-electron chi connectivity index (χ2n) is 6.40. The van der Waals surface area contributed by atoms with Crippen LogP contribution in [-0.4, -0.2) is 25.8 Å². The van der Waals surface area contributed by atoms with Crippen molar-refractivity contribution in [1.29, 1.82) is 0 Å². The number of piperidine rings is 1. The van der Waals surface area contributed by atoms with Gasteiger partial charge >= 0.3 is 0 Å². The van der Waals surface area contributed by atoms with Gasteiger partial charge in [-0.2, -0.15) is 0 Å². The molecule has 4 heterocycles. The van der Waals surface area contributed by atoms with Crippen LogP contribution >= 0.6 is 11.6 Å². The molecule has 1 aliphatic heterocycles. The van der Waals surface area contributed by atoms with Crippen LogP contribution in [0.15, 0.2) is 53.6 Å². The number of hydrogen-bond donors (Lipinski definition) is 0. The number of rotatable bonds is 3. The van der Waals surface area contributed by atoms with Crippen molar-refractivity contribution in [2.24, 2.45) is 0 Å². The fourth-order valence-electron chi connectivity index (χ4n) is 3.50. The summed E-state index contributed by atoms with van der Waals surface area (Å²) in [7, 11) is 0. The molecule has 1 saturated heterocycles. The molecule has 0 aliphatic carbocycles. The second-order valence-corrected chi connectivity index (χ2v) is 6.83. The fourth-order valence-corrected chi connectivity index (χ4v) is 3.66. The highest BCUT2D eigenvalue weighted by molar-refractivity contribution is 6.30. The van der Waals surface area contributed by atoms with Crippen LogP contribution in [0.3, 0.4) is 0 Å². The number of fused-ring (bicyclic) bond motifs is 1. The summed E-state index contributed by atoms with van der Waals surface area (Å²) in [5.74, 6) is 0. The van der Waals surface area contributed by atoms with Crippen molar-refractivity contribution in [1.82, 2.24) is 19.3 Å². The topological polar surface area (TPSA) is 50.5 Å². The lowest BCUT2D eigenvalue weighted by atomic mass is 9.98. The normalized spacial score (nSPS) is 18.5. The molecule has 0 unspecified atom stereocenters. The second kappa shape index (κ2) is 6.94. The molecule has 5 nitrogen and oxygen atoms in total. The Morgan fingerprint density at radius 3 is 2.96 bits per heavy atom. The maximum absolute atomic E-state index is 12.4. The average molecular weight is 355 g/mol. The molecule has 25 heavy (non-hydrogen) atoms. The average Bonchev–Trinajstić information content (AvgIpc) is 2.64. The van der Waals surface area contributed by atoms with Crippen LogP contribution < -0.4 is 5.56 Å². The molecule has 0 spiro atoms. The summed E-state index contributed by atoms with van der Waals surface area (Å²) in [5, 5.41) is 0.524. The maximum atomic E-state index is 12.4. The molecule has 3 aromatic heterocycles. The fraction of sp³-hybridized carbons (Fsp3) is 0.316. The summed E-state index contributed by atoms with van der Waals surface area (Å²) in [4.78, 5) is 23.9. The van der Waals surface area contributed by atoms with Crippen molar-refractivity contribution in [2.45, 2.75) is 31.8 Å². The van der Waals surface area contributed by atoms with Gasteiger partial charge in [-0.15, -0.1) is 0 Å². The summed E-state index contributed by atoms with van der Waals surface area (Å²) in [6.07, 6.45) is 6.88. The summed E-state index contributed by atoms with van der Waals surface area (Å²) in [6, 6.07) is 11.5. The highest BCUT2D eigenvalue weighted by Gasteiger charge is 2.25. The van der Waals surface area contributed by atoms with Gasteiger partial charge in [-0.25, -0.2) is 4.98 Å². The Morgan fingerprint density at radius 1 is 1.20 bits per heavy atom. The van der Waals surface area contributed by atoms with Crippen molar-refractivity contribution >= 4 is 17.2 Å². The van der Waals surface area contributed by atoms with Gasteiger partial charge in [0.15, 0.2) is 0 Å². The minimum Gasteiger partial charge on any atom is -0.289 e. The predicted octanol–water partition coefficient (Wildman–Crippen LogP) is 3.47. The Hall–Kier alpha value is -2.24. The summed E-state index contributed by atoms with van der Waals surface area (Å²) < 4.78 is 1.48. The van der Waals surface area contributed by atoms with E-state index in [1.165, 1.54) is 10.8 Å². The third kappa shape index (κ3) is 3.43. The first kappa shape index (κ1) is 16.2. The van der Waals surface area contributed by atoms with Gasteiger partial charge in [0.25, 0.3) is 5.56 Å². The lowest BCUT2D eigenvalue weighted by Crippen LogP contribution is -2.34. The predicted molar refractivity (Wildman–Crippen MR) is 97.7 cm³/mol. The SMILES string of the molecule is O=c1cc(CN2CCCC[C@@H]2c2ccccn2)nc2ccc(Cl)cn12. The van der Waals surface area contributed by atoms with Gasteiger partial charge in [0.2, 0.25) is 0 Å².